The normalized spacial score (nSPS) is 17.9. The fraction of sp³-hybridized carbons (Fsp3) is 0.200. The summed E-state index contributed by atoms with van der Waals surface area (Å²) >= 11 is 0. The molecule has 0 saturated heterocycles. The number of nitrogens with zero attached hydrogens (tertiary/aromatic N) is 4. The number of hydrogen-bond acceptors (Lipinski definition) is 5. The maximum atomic E-state index is 13.8. The molecule has 1 aliphatic rings. The van der Waals surface area contributed by atoms with Crippen LogP contribution in [0.25, 0.3) is 11.0 Å². The summed E-state index contributed by atoms with van der Waals surface area (Å²) < 4.78 is 7.35. The quantitative estimate of drug-likeness (QED) is 0.359. The highest BCUT2D eigenvalue weighted by Crippen LogP contribution is 2.41. The molecule has 0 spiro atoms. The van der Waals surface area contributed by atoms with E-state index in [1.165, 1.54) is 0 Å². The van der Waals surface area contributed by atoms with Crippen LogP contribution in [0.15, 0.2) is 79.1 Å². The molecule has 2 atom stereocenters. The largest absolute Gasteiger partial charge is 0.465 e. The average Bonchev–Trinajstić information content (AvgIpc) is 3.21. The summed E-state index contributed by atoms with van der Waals surface area (Å²) in [5, 5.41) is 0. The maximum absolute atomic E-state index is 13.8. The van der Waals surface area contributed by atoms with Gasteiger partial charge in [-0.3, -0.25) is 19.5 Å². The number of ether oxygens (including phenoxy) is 1. The third-order valence-corrected chi connectivity index (χ3v) is 5.72. The molecule has 5 rings (SSSR count). The SMILES string of the molecule is CCOC(=O)C1C(=O)N(Cc2ccccc2)c2nc3ccccc3n2C1c1ccncc1. The number of rotatable bonds is 5. The van der Waals surface area contributed by atoms with Gasteiger partial charge in [-0.25, -0.2) is 4.98 Å². The zero-order valence-electron chi connectivity index (χ0n) is 17.6. The zero-order valence-corrected chi connectivity index (χ0v) is 17.6. The lowest BCUT2D eigenvalue weighted by atomic mass is 9.89. The summed E-state index contributed by atoms with van der Waals surface area (Å²) in [6.45, 7) is 2.25. The van der Waals surface area contributed by atoms with Gasteiger partial charge in [-0.1, -0.05) is 42.5 Å². The van der Waals surface area contributed by atoms with Gasteiger partial charge in [-0.15, -0.1) is 0 Å². The van der Waals surface area contributed by atoms with Crippen LogP contribution in [-0.2, 0) is 20.9 Å². The molecule has 0 N–H and O–H groups in total. The van der Waals surface area contributed by atoms with Crippen LogP contribution < -0.4 is 4.90 Å². The van der Waals surface area contributed by atoms with Gasteiger partial charge in [0.1, 0.15) is 0 Å². The molecular weight excluding hydrogens is 404 g/mol. The zero-order chi connectivity index (χ0) is 22.1. The van der Waals surface area contributed by atoms with E-state index in [4.69, 9.17) is 9.72 Å². The van der Waals surface area contributed by atoms with E-state index in [0.29, 0.717) is 12.5 Å². The first kappa shape index (κ1) is 19.9. The number of para-hydroxylation sites is 2. The van der Waals surface area contributed by atoms with Gasteiger partial charge in [0.05, 0.1) is 30.2 Å². The molecule has 0 bridgehead atoms. The highest BCUT2D eigenvalue weighted by molar-refractivity contribution is 6.08. The fourth-order valence-corrected chi connectivity index (χ4v) is 4.33. The Balaban J connectivity index is 1.75. The summed E-state index contributed by atoms with van der Waals surface area (Å²) in [7, 11) is 0. The van der Waals surface area contributed by atoms with Crippen molar-refractivity contribution >= 4 is 28.9 Å². The number of hydrogen-bond donors (Lipinski definition) is 0. The Hall–Kier alpha value is -4.00. The monoisotopic (exact) mass is 426 g/mol. The molecule has 4 aromatic rings. The van der Waals surface area contributed by atoms with Gasteiger partial charge < -0.3 is 9.30 Å². The molecule has 7 heteroatoms. The van der Waals surface area contributed by atoms with E-state index in [1.54, 1.807) is 24.2 Å². The molecule has 3 heterocycles. The van der Waals surface area contributed by atoms with Crippen LogP contribution in [0.5, 0.6) is 0 Å². The summed E-state index contributed by atoms with van der Waals surface area (Å²) in [5.74, 6) is -1.38. The number of carbonyl (C=O) groups excluding carboxylic acids is 2. The number of pyridine rings is 1. The molecule has 0 fully saturated rings. The standard InChI is InChI=1S/C25H22N4O3/c1-2-32-24(31)21-22(18-12-14-26-15-13-18)29-20-11-7-6-10-19(20)27-25(29)28(23(21)30)16-17-8-4-3-5-9-17/h3-15,21-22H,2,16H2,1H3. The third kappa shape index (κ3) is 3.32. The third-order valence-electron chi connectivity index (χ3n) is 5.72. The molecule has 2 aromatic carbocycles. The second-order valence-electron chi connectivity index (χ2n) is 7.64. The van der Waals surface area contributed by atoms with Crippen molar-refractivity contribution in [2.75, 3.05) is 11.5 Å². The lowest BCUT2D eigenvalue weighted by molar-refractivity contribution is -0.153. The van der Waals surface area contributed by atoms with E-state index in [9.17, 15) is 9.59 Å². The van der Waals surface area contributed by atoms with Crippen molar-refractivity contribution < 1.29 is 14.3 Å². The number of esters is 1. The van der Waals surface area contributed by atoms with E-state index in [1.807, 2.05) is 71.3 Å². The van der Waals surface area contributed by atoms with E-state index in [-0.39, 0.29) is 12.5 Å². The number of benzene rings is 2. The second kappa shape index (κ2) is 8.26. The smallest absolute Gasteiger partial charge is 0.321 e. The maximum Gasteiger partial charge on any atom is 0.321 e. The van der Waals surface area contributed by atoms with Gasteiger partial charge in [0.2, 0.25) is 11.9 Å². The Morgan fingerprint density at radius 2 is 1.72 bits per heavy atom. The summed E-state index contributed by atoms with van der Waals surface area (Å²) in [4.78, 5) is 37.5. The minimum atomic E-state index is -1.04. The molecule has 32 heavy (non-hydrogen) atoms. The first-order valence-electron chi connectivity index (χ1n) is 10.6. The Bertz CT molecular complexity index is 1270. The van der Waals surface area contributed by atoms with E-state index < -0.39 is 17.9 Å². The van der Waals surface area contributed by atoms with Gasteiger partial charge in [0, 0.05) is 12.4 Å². The summed E-state index contributed by atoms with van der Waals surface area (Å²) in [6.07, 6.45) is 3.33. The van der Waals surface area contributed by atoms with Crippen LogP contribution in [-0.4, -0.2) is 33.0 Å². The van der Waals surface area contributed by atoms with Crippen LogP contribution in [0.2, 0.25) is 0 Å². The van der Waals surface area contributed by atoms with E-state index in [2.05, 4.69) is 4.98 Å². The summed E-state index contributed by atoms with van der Waals surface area (Å²) in [6, 6.07) is 20.5. The number of amides is 1. The van der Waals surface area contributed by atoms with Crippen LogP contribution in [0.4, 0.5) is 5.95 Å². The molecule has 0 saturated carbocycles. The number of anilines is 1. The Morgan fingerprint density at radius 1 is 1.00 bits per heavy atom. The van der Waals surface area contributed by atoms with Crippen molar-refractivity contribution in [2.24, 2.45) is 5.92 Å². The minimum Gasteiger partial charge on any atom is -0.465 e. The second-order valence-corrected chi connectivity index (χ2v) is 7.64. The number of imidazole rings is 1. The number of fused-ring (bicyclic) bond motifs is 3. The van der Waals surface area contributed by atoms with Crippen LogP contribution in [0.3, 0.4) is 0 Å². The van der Waals surface area contributed by atoms with Crippen LogP contribution in [0.1, 0.15) is 24.1 Å². The number of carbonyl (C=O) groups is 2. The Morgan fingerprint density at radius 3 is 2.47 bits per heavy atom. The highest BCUT2D eigenvalue weighted by atomic mass is 16.5. The topological polar surface area (TPSA) is 77.3 Å². The molecule has 1 amide bonds. The van der Waals surface area contributed by atoms with E-state index in [0.717, 1.165) is 22.2 Å². The van der Waals surface area contributed by atoms with E-state index >= 15 is 0 Å². The van der Waals surface area contributed by atoms with Crippen LogP contribution >= 0.6 is 0 Å². The average molecular weight is 426 g/mol. The molecule has 7 nitrogen and oxygen atoms in total. The Labute approximate surface area is 185 Å². The lowest BCUT2D eigenvalue weighted by Crippen LogP contribution is -2.49. The molecule has 2 aromatic heterocycles. The predicted octanol–water partition coefficient (Wildman–Crippen LogP) is 3.75. The van der Waals surface area contributed by atoms with Gasteiger partial charge in [-0.2, -0.15) is 0 Å². The molecular formula is C25H22N4O3. The van der Waals surface area contributed by atoms with Crippen molar-refractivity contribution in [3.05, 3.63) is 90.3 Å². The predicted molar refractivity (Wildman–Crippen MR) is 120 cm³/mol. The van der Waals surface area contributed by atoms with Gasteiger partial charge in [-0.05, 0) is 42.3 Å². The van der Waals surface area contributed by atoms with Crippen molar-refractivity contribution in [1.29, 1.82) is 0 Å². The van der Waals surface area contributed by atoms with Crippen molar-refractivity contribution in [1.82, 2.24) is 14.5 Å². The van der Waals surface area contributed by atoms with Crippen molar-refractivity contribution in [3.8, 4) is 0 Å². The molecule has 160 valence electrons. The highest BCUT2D eigenvalue weighted by Gasteiger charge is 2.47. The van der Waals surface area contributed by atoms with Crippen molar-refractivity contribution in [3.63, 3.8) is 0 Å². The van der Waals surface area contributed by atoms with Crippen molar-refractivity contribution in [2.45, 2.75) is 19.5 Å². The van der Waals surface area contributed by atoms with Gasteiger partial charge in [0.15, 0.2) is 5.92 Å². The van der Waals surface area contributed by atoms with Gasteiger partial charge >= 0.3 is 5.97 Å². The first-order valence-corrected chi connectivity index (χ1v) is 10.6. The molecule has 2 unspecified atom stereocenters. The lowest BCUT2D eigenvalue weighted by Gasteiger charge is -2.37. The Kier molecular flexibility index (Phi) is 5.15. The van der Waals surface area contributed by atoms with Crippen LogP contribution in [0, 0.1) is 5.92 Å². The fourth-order valence-electron chi connectivity index (χ4n) is 4.33. The molecule has 1 aliphatic heterocycles. The molecule has 0 radical (unpaired) electrons. The first-order chi connectivity index (χ1) is 15.7. The summed E-state index contributed by atoms with van der Waals surface area (Å²) in [5.41, 5.74) is 3.36. The molecule has 0 aliphatic carbocycles. The number of aromatic nitrogens is 3. The minimum absolute atomic E-state index is 0.196. The van der Waals surface area contributed by atoms with Gasteiger partial charge in [0.25, 0.3) is 0 Å².